The van der Waals surface area contributed by atoms with Crippen molar-refractivity contribution in [2.24, 2.45) is 0 Å². The average molecular weight is 370 g/mol. The molecule has 2 rings (SSSR count). The van der Waals surface area contributed by atoms with Crippen LogP contribution in [0.3, 0.4) is 0 Å². The maximum atomic E-state index is 11.9. The minimum absolute atomic E-state index is 0.112. The number of esters is 1. The number of nitrogens with one attached hydrogen (secondary N) is 1. The second-order valence-corrected chi connectivity index (χ2v) is 5.30. The van der Waals surface area contributed by atoms with Gasteiger partial charge in [-0.15, -0.1) is 0 Å². The molecule has 1 N–H and O–H groups in total. The largest absolute Gasteiger partial charge is 0.484 e. The van der Waals surface area contributed by atoms with Crippen molar-refractivity contribution in [3.63, 3.8) is 0 Å². The molecule has 0 spiro atoms. The van der Waals surface area contributed by atoms with E-state index in [2.05, 4.69) is 5.32 Å². The van der Waals surface area contributed by atoms with Gasteiger partial charge in [-0.1, -0.05) is 18.2 Å². The first-order chi connectivity index (χ1) is 13.0. The maximum Gasteiger partial charge on any atom is 0.330 e. The molecule has 27 heavy (non-hydrogen) atoms. The molecule has 0 fully saturated rings. The van der Waals surface area contributed by atoms with E-state index in [-0.39, 0.29) is 18.0 Å². The van der Waals surface area contributed by atoms with Crippen molar-refractivity contribution in [1.29, 1.82) is 0 Å². The first-order valence-corrected chi connectivity index (χ1v) is 8.10. The molecule has 2 aromatic carbocycles. The van der Waals surface area contributed by atoms with Gasteiger partial charge in [0.25, 0.3) is 11.6 Å². The van der Waals surface area contributed by atoms with Gasteiger partial charge < -0.3 is 14.8 Å². The van der Waals surface area contributed by atoms with Gasteiger partial charge >= 0.3 is 5.97 Å². The van der Waals surface area contributed by atoms with E-state index >= 15 is 0 Å². The van der Waals surface area contributed by atoms with Crippen LogP contribution in [0.25, 0.3) is 6.08 Å². The number of ether oxygens (including phenoxy) is 2. The lowest BCUT2D eigenvalue weighted by Crippen LogP contribution is -2.20. The van der Waals surface area contributed by atoms with Crippen LogP contribution in [0, 0.1) is 10.1 Å². The Morgan fingerprint density at radius 2 is 1.93 bits per heavy atom. The third-order valence-electron chi connectivity index (χ3n) is 3.29. The second-order valence-electron chi connectivity index (χ2n) is 5.30. The van der Waals surface area contributed by atoms with Crippen LogP contribution in [0.1, 0.15) is 12.5 Å². The highest BCUT2D eigenvalue weighted by Crippen LogP contribution is 2.19. The van der Waals surface area contributed by atoms with Crippen molar-refractivity contribution < 1.29 is 24.0 Å². The van der Waals surface area contributed by atoms with Gasteiger partial charge in [-0.3, -0.25) is 14.9 Å². The molecule has 0 bridgehead atoms. The number of nitro benzene ring substituents is 1. The number of rotatable bonds is 8. The molecule has 0 saturated carbocycles. The number of amides is 1. The van der Waals surface area contributed by atoms with Crippen molar-refractivity contribution in [2.45, 2.75) is 6.92 Å². The lowest BCUT2D eigenvalue weighted by atomic mass is 10.2. The number of nitrogens with zero attached hydrogens (tertiary/aromatic N) is 1. The van der Waals surface area contributed by atoms with Crippen molar-refractivity contribution >= 4 is 29.3 Å². The highest BCUT2D eigenvalue weighted by atomic mass is 16.6. The molecule has 0 atom stereocenters. The summed E-state index contributed by atoms with van der Waals surface area (Å²) in [7, 11) is 0. The number of hydrogen-bond acceptors (Lipinski definition) is 6. The van der Waals surface area contributed by atoms with E-state index in [1.807, 2.05) is 0 Å². The van der Waals surface area contributed by atoms with Gasteiger partial charge in [0.1, 0.15) is 5.75 Å². The van der Waals surface area contributed by atoms with Gasteiger partial charge in [0.05, 0.1) is 17.6 Å². The lowest BCUT2D eigenvalue weighted by molar-refractivity contribution is -0.384. The van der Waals surface area contributed by atoms with E-state index in [9.17, 15) is 19.7 Å². The molecule has 2 aromatic rings. The van der Waals surface area contributed by atoms with Crippen LogP contribution in [0.4, 0.5) is 11.4 Å². The molecule has 1 amide bonds. The maximum absolute atomic E-state index is 11.9. The normalized spacial score (nSPS) is 10.4. The number of benzene rings is 2. The Balaban J connectivity index is 1.86. The number of carbonyl (C=O) groups excluding carboxylic acids is 2. The molecular weight excluding hydrogens is 352 g/mol. The zero-order valence-corrected chi connectivity index (χ0v) is 14.6. The van der Waals surface area contributed by atoms with Crippen LogP contribution in [0.2, 0.25) is 0 Å². The predicted molar refractivity (Wildman–Crippen MR) is 99.3 cm³/mol. The fourth-order valence-corrected chi connectivity index (χ4v) is 2.07. The van der Waals surface area contributed by atoms with Crippen LogP contribution in [-0.4, -0.2) is 30.0 Å². The standard InChI is InChI=1S/C19H18N2O6/c1-2-26-19(23)11-8-14-6-9-15(10-7-14)20-18(22)13-27-17-5-3-4-16(12-17)21(24)25/h3-12H,2,13H2,1H3,(H,20,22). The van der Waals surface area contributed by atoms with Gasteiger partial charge in [-0.25, -0.2) is 4.79 Å². The molecule has 8 nitrogen and oxygen atoms in total. The molecule has 140 valence electrons. The van der Waals surface area contributed by atoms with E-state index in [1.165, 1.54) is 30.3 Å². The summed E-state index contributed by atoms with van der Waals surface area (Å²) in [5.41, 5.74) is 1.21. The molecule has 0 aromatic heterocycles. The predicted octanol–water partition coefficient (Wildman–Crippen LogP) is 3.19. The number of non-ortho nitro benzene ring substituents is 1. The van der Waals surface area contributed by atoms with Gasteiger partial charge in [0, 0.05) is 17.8 Å². The monoisotopic (exact) mass is 370 g/mol. The van der Waals surface area contributed by atoms with E-state index in [0.29, 0.717) is 12.3 Å². The summed E-state index contributed by atoms with van der Waals surface area (Å²) in [4.78, 5) is 33.4. The van der Waals surface area contributed by atoms with Crippen LogP contribution in [0.15, 0.2) is 54.6 Å². The molecular formula is C19H18N2O6. The summed E-state index contributed by atoms with van der Waals surface area (Å²) in [5.74, 6) is -0.594. The zero-order valence-electron chi connectivity index (χ0n) is 14.6. The minimum atomic E-state index is -0.537. The first-order valence-electron chi connectivity index (χ1n) is 8.10. The summed E-state index contributed by atoms with van der Waals surface area (Å²) in [6.45, 7) is 1.75. The van der Waals surface area contributed by atoms with E-state index in [4.69, 9.17) is 9.47 Å². The smallest absolute Gasteiger partial charge is 0.330 e. The molecule has 0 aliphatic heterocycles. The van der Waals surface area contributed by atoms with Crippen molar-refractivity contribution in [2.75, 3.05) is 18.5 Å². The summed E-state index contributed by atoms with van der Waals surface area (Å²) in [6, 6.07) is 12.4. The minimum Gasteiger partial charge on any atom is -0.484 e. The Labute approximate surface area is 155 Å². The van der Waals surface area contributed by atoms with E-state index in [1.54, 1.807) is 37.3 Å². The number of hydrogen-bond donors (Lipinski definition) is 1. The zero-order chi connectivity index (χ0) is 19.6. The fourth-order valence-electron chi connectivity index (χ4n) is 2.07. The highest BCUT2D eigenvalue weighted by Gasteiger charge is 2.08. The van der Waals surface area contributed by atoms with Gasteiger partial charge in [-0.05, 0) is 36.8 Å². The Bertz CT molecular complexity index is 846. The van der Waals surface area contributed by atoms with Gasteiger partial charge in [0.2, 0.25) is 0 Å². The van der Waals surface area contributed by atoms with Crippen LogP contribution >= 0.6 is 0 Å². The van der Waals surface area contributed by atoms with Crippen molar-refractivity contribution in [3.05, 3.63) is 70.3 Å². The third-order valence-corrected chi connectivity index (χ3v) is 3.29. The molecule has 0 unspecified atom stereocenters. The first kappa shape index (κ1) is 19.6. The van der Waals surface area contributed by atoms with Crippen LogP contribution in [0.5, 0.6) is 5.75 Å². The molecule has 0 radical (unpaired) electrons. The lowest BCUT2D eigenvalue weighted by Gasteiger charge is -2.07. The number of carbonyl (C=O) groups is 2. The average Bonchev–Trinajstić information content (AvgIpc) is 2.66. The quantitative estimate of drug-likeness (QED) is 0.331. The molecule has 0 heterocycles. The Kier molecular flexibility index (Phi) is 7.07. The van der Waals surface area contributed by atoms with Crippen LogP contribution in [-0.2, 0) is 14.3 Å². The van der Waals surface area contributed by atoms with Crippen LogP contribution < -0.4 is 10.1 Å². The fraction of sp³-hybridized carbons (Fsp3) is 0.158. The number of anilines is 1. The number of nitro groups is 1. The summed E-state index contributed by atoms with van der Waals surface area (Å²) in [5, 5.41) is 13.4. The molecule has 0 aliphatic rings. The molecule has 0 aliphatic carbocycles. The van der Waals surface area contributed by atoms with Gasteiger partial charge in [-0.2, -0.15) is 0 Å². The SMILES string of the molecule is CCOC(=O)C=Cc1ccc(NC(=O)COc2cccc([N+](=O)[O-])c2)cc1. The Hall–Kier alpha value is -3.68. The Morgan fingerprint density at radius 3 is 2.59 bits per heavy atom. The third kappa shape index (κ3) is 6.62. The summed E-state index contributed by atoms with van der Waals surface area (Å²) >= 11 is 0. The second kappa shape index (κ2) is 9.71. The highest BCUT2D eigenvalue weighted by molar-refractivity contribution is 5.92. The van der Waals surface area contributed by atoms with Gasteiger partial charge in [0.15, 0.2) is 6.61 Å². The van der Waals surface area contributed by atoms with E-state index < -0.39 is 16.8 Å². The van der Waals surface area contributed by atoms with E-state index in [0.717, 1.165) is 5.56 Å². The van der Waals surface area contributed by atoms with Crippen molar-refractivity contribution in [3.8, 4) is 5.75 Å². The van der Waals surface area contributed by atoms with Crippen molar-refractivity contribution in [1.82, 2.24) is 0 Å². The topological polar surface area (TPSA) is 108 Å². The molecule has 8 heteroatoms. The Morgan fingerprint density at radius 1 is 1.19 bits per heavy atom. The summed E-state index contributed by atoms with van der Waals surface area (Å²) < 4.78 is 10.1. The summed E-state index contributed by atoms with van der Waals surface area (Å²) in [6.07, 6.45) is 2.93. The molecule has 0 saturated heterocycles.